The van der Waals surface area contributed by atoms with Crippen molar-refractivity contribution in [3.63, 3.8) is 0 Å². The zero-order valence-electron chi connectivity index (χ0n) is 9.65. The molecule has 80 valence electrons. The fourth-order valence-electron chi connectivity index (χ4n) is 2.06. The van der Waals surface area contributed by atoms with Gasteiger partial charge in [-0.3, -0.25) is 0 Å². The Morgan fingerprint density at radius 2 is 1.69 bits per heavy atom. The summed E-state index contributed by atoms with van der Waals surface area (Å²) >= 11 is 2.48. The van der Waals surface area contributed by atoms with Gasteiger partial charge in [0.2, 0.25) is 0 Å². The van der Waals surface area contributed by atoms with Crippen molar-refractivity contribution in [2.45, 2.75) is 34.1 Å². The van der Waals surface area contributed by atoms with Gasteiger partial charge in [0.25, 0.3) is 0 Å². The van der Waals surface area contributed by atoms with Gasteiger partial charge in [0.1, 0.15) is 0 Å². The average molecular weight is 298 g/mol. The molecule has 0 rings (SSSR count). The minimum absolute atomic E-state index is 0.828. The van der Waals surface area contributed by atoms with Crippen molar-refractivity contribution >= 4 is 22.6 Å². The molecule has 0 heterocycles. The van der Waals surface area contributed by atoms with Gasteiger partial charge in [-0.2, -0.15) is 0 Å². The van der Waals surface area contributed by atoms with Crippen LogP contribution in [-0.4, -0.2) is 35.1 Å². The first-order valence-corrected chi connectivity index (χ1v) is 7.03. The van der Waals surface area contributed by atoms with Crippen molar-refractivity contribution in [1.29, 1.82) is 0 Å². The molecule has 0 saturated carbocycles. The lowest BCUT2D eigenvalue weighted by molar-refractivity contribution is -0.927. The lowest BCUT2D eigenvalue weighted by Gasteiger charge is -2.38. The first kappa shape index (κ1) is 13.7. The first-order chi connectivity index (χ1) is 6.10. The average Bonchev–Trinajstić information content (AvgIpc) is 2.12. The molecule has 0 spiro atoms. The maximum absolute atomic E-state index is 2.48. The smallest absolute Gasteiger partial charge is 0.0809 e. The van der Waals surface area contributed by atoms with Gasteiger partial charge in [-0.1, -0.05) is 36.4 Å². The molecule has 13 heavy (non-hydrogen) atoms. The largest absolute Gasteiger partial charge is 0.324 e. The molecule has 1 nitrogen and oxygen atoms in total. The summed E-state index contributed by atoms with van der Waals surface area (Å²) in [5.41, 5.74) is 0. The van der Waals surface area contributed by atoms with Gasteiger partial charge in [0, 0.05) is 16.8 Å². The summed E-state index contributed by atoms with van der Waals surface area (Å²) in [4.78, 5) is 0. The van der Waals surface area contributed by atoms with Crippen molar-refractivity contribution in [3.8, 4) is 0 Å². The third kappa shape index (κ3) is 5.21. The SMILES string of the molecule is CC[N+](CC)(CCCI)CC(C)C. The molecule has 0 amide bonds. The molecule has 2 heteroatoms. The van der Waals surface area contributed by atoms with Crippen LogP contribution in [-0.2, 0) is 0 Å². The topological polar surface area (TPSA) is 0 Å². The van der Waals surface area contributed by atoms with Crippen molar-refractivity contribution in [1.82, 2.24) is 0 Å². The Balaban J connectivity index is 4.13. The molecule has 0 bridgehead atoms. The van der Waals surface area contributed by atoms with Crippen LogP contribution in [0.15, 0.2) is 0 Å². The molecule has 0 aromatic heterocycles. The van der Waals surface area contributed by atoms with E-state index in [4.69, 9.17) is 0 Å². The Labute approximate surface area is 97.6 Å². The van der Waals surface area contributed by atoms with Crippen molar-refractivity contribution in [2.75, 3.05) is 30.6 Å². The van der Waals surface area contributed by atoms with E-state index in [0.29, 0.717) is 0 Å². The summed E-state index contributed by atoms with van der Waals surface area (Å²) < 4.78 is 2.62. The van der Waals surface area contributed by atoms with E-state index in [-0.39, 0.29) is 0 Å². The van der Waals surface area contributed by atoms with Gasteiger partial charge in [-0.25, -0.2) is 0 Å². The Hall–Kier alpha value is 0.690. The van der Waals surface area contributed by atoms with Crippen LogP contribution in [0.1, 0.15) is 34.1 Å². The molecule has 0 N–H and O–H groups in total. The molecule has 0 atom stereocenters. The Morgan fingerprint density at radius 3 is 2.00 bits per heavy atom. The third-order valence-electron chi connectivity index (χ3n) is 2.86. The Kier molecular flexibility index (Phi) is 7.42. The first-order valence-electron chi connectivity index (χ1n) is 5.51. The fourth-order valence-corrected chi connectivity index (χ4v) is 2.40. The van der Waals surface area contributed by atoms with Crippen LogP contribution in [0.25, 0.3) is 0 Å². The summed E-state index contributed by atoms with van der Waals surface area (Å²) in [5.74, 6) is 0.828. The van der Waals surface area contributed by atoms with Crippen LogP contribution >= 0.6 is 22.6 Å². The number of quaternary nitrogens is 1. The van der Waals surface area contributed by atoms with Crippen LogP contribution in [0.2, 0.25) is 0 Å². The summed E-state index contributed by atoms with van der Waals surface area (Å²) in [5, 5.41) is 0. The maximum atomic E-state index is 2.48. The van der Waals surface area contributed by atoms with E-state index in [1.165, 1.54) is 41.5 Å². The molecule has 0 aliphatic carbocycles. The zero-order valence-corrected chi connectivity index (χ0v) is 11.8. The summed E-state index contributed by atoms with van der Waals surface area (Å²) in [6.45, 7) is 14.7. The second-order valence-corrected chi connectivity index (χ2v) is 5.40. The van der Waals surface area contributed by atoms with Crippen LogP contribution < -0.4 is 0 Å². The molecular weight excluding hydrogens is 273 g/mol. The molecule has 0 saturated heterocycles. The number of alkyl halides is 1. The summed E-state index contributed by atoms with van der Waals surface area (Å²) in [6, 6.07) is 0. The highest BCUT2D eigenvalue weighted by Gasteiger charge is 2.23. The maximum Gasteiger partial charge on any atom is 0.0809 e. The van der Waals surface area contributed by atoms with Gasteiger partial charge in [0.15, 0.2) is 0 Å². The van der Waals surface area contributed by atoms with Crippen molar-refractivity contribution in [2.24, 2.45) is 5.92 Å². The minimum Gasteiger partial charge on any atom is -0.324 e. The molecule has 0 aromatic carbocycles. The number of rotatable bonds is 7. The molecular formula is C11H25IN+. The van der Waals surface area contributed by atoms with Gasteiger partial charge in [-0.15, -0.1) is 0 Å². The number of nitrogens with zero attached hydrogens (tertiary/aromatic N) is 1. The van der Waals surface area contributed by atoms with Crippen LogP contribution in [0, 0.1) is 5.92 Å². The van der Waals surface area contributed by atoms with Crippen LogP contribution in [0.5, 0.6) is 0 Å². The number of hydrogen-bond acceptors (Lipinski definition) is 0. The van der Waals surface area contributed by atoms with E-state index in [1.54, 1.807) is 0 Å². The second kappa shape index (κ2) is 7.04. The van der Waals surface area contributed by atoms with E-state index in [0.717, 1.165) is 5.92 Å². The molecule has 0 aromatic rings. The number of halogens is 1. The van der Waals surface area contributed by atoms with E-state index < -0.39 is 0 Å². The predicted molar refractivity (Wildman–Crippen MR) is 69.4 cm³/mol. The molecule has 0 fully saturated rings. The van der Waals surface area contributed by atoms with Gasteiger partial charge >= 0.3 is 0 Å². The minimum atomic E-state index is 0.828. The lowest BCUT2D eigenvalue weighted by Crippen LogP contribution is -2.50. The molecule has 0 unspecified atom stereocenters. The van der Waals surface area contributed by atoms with Crippen molar-refractivity contribution in [3.05, 3.63) is 0 Å². The Bertz CT molecular complexity index is 119. The van der Waals surface area contributed by atoms with Gasteiger partial charge in [-0.05, 0) is 13.8 Å². The monoisotopic (exact) mass is 298 g/mol. The highest BCUT2D eigenvalue weighted by Crippen LogP contribution is 2.12. The van der Waals surface area contributed by atoms with E-state index >= 15 is 0 Å². The van der Waals surface area contributed by atoms with E-state index in [2.05, 4.69) is 50.3 Å². The summed E-state index contributed by atoms with van der Waals surface area (Å²) in [6.07, 6.45) is 1.37. The second-order valence-electron chi connectivity index (χ2n) is 4.32. The fraction of sp³-hybridized carbons (Fsp3) is 1.00. The van der Waals surface area contributed by atoms with Crippen LogP contribution in [0.4, 0.5) is 0 Å². The third-order valence-corrected chi connectivity index (χ3v) is 3.62. The molecule has 0 radical (unpaired) electrons. The van der Waals surface area contributed by atoms with Gasteiger partial charge < -0.3 is 4.48 Å². The highest BCUT2D eigenvalue weighted by molar-refractivity contribution is 14.1. The predicted octanol–water partition coefficient (Wildman–Crippen LogP) is 3.32. The van der Waals surface area contributed by atoms with E-state index in [9.17, 15) is 0 Å². The quantitative estimate of drug-likeness (QED) is 0.384. The van der Waals surface area contributed by atoms with E-state index in [1.807, 2.05) is 0 Å². The summed E-state index contributed by atoms with van der Waals surface area (Å²) in [7, 11) is 0. The Morgan fingerprint density at radius 1 is 1.15 bits per heavy atom. The molecule has 0 aliphatic rings. The van der Waals surface area contributed by atoms with Gasteiger partial charge in [0.05, 0.1) is 26.2 Å². The normalized spacial score (nSPS) is 12.5. The number of hydrogen-bond donors (Lipinski definition) is 0. The standard InChI is InChI=1S/C11H25IN/c1-5-13(6-2,9-7-8-12)10-11(3)4/h11H,5-10H2,1-4H3/q+1. The molecule has 0 aliphatic heterocycles. The van der Waals surface area contributed by atoms with Crippen LogP contribution in [0.3, 0.4) is 0 Å². The van der Waals surface area contributed by atoms with Crippen molar-refractivity contribution < 1.29 is 4.48 Å². The highest BCUT2D eigenvalue weighted by atomic mass is 127. The lowest BCUT2D eigenvalue weighted by atomic mass is 10.1. The zero-order chi connectivity index (χ0) is 10.3.